The molecule has 0 radical (unpaired) electrons. The second-order valence-electron chi connectivity index (χ2n) is 5.18. The third-order valence-corrected chi connectivity index (χ3v) is 3.48. The molecule has 108 valence electrons. The fraction of sp³-hybridized carbons (Fsp3) is 0.429. The third kappa shape index (κ3) is 3.30. The third-order valence-electron chi connectivity index (χ3n) is 3.02. The summed E-state index contributed by atoms with van der Waals surface area (Å²) in [6, 6.07) is 5.01. The molecule has 0 atom stereocenters. The highest BCUT2D eigenvalue weighted by molar-refractivity contribution is 9.10. The van der Waals surface area contributed by atoms with Crippen LogP contribution in [0.3, 0.4) is 0 Å². The number of nitrogens with one attached hydrogen (secondary N) is 1. The summed E-state index contributed by atoms with van der Waals surface area (Å²) in [7, 11) is 0. The predicted octanol–water partition coefficient (Wildman–Crippen LogP) is 2.58. The highest BCUT2D eigenvalue weighted by atomic mass is 79.9. The van der Waals surface area contributed by atoms with E-state index in [0.717, 1.165) is 0 Å². The van der Waals surface area contributed by atoms with E-state index in [1.807, 2.05) is 13.8 Å². The number of amides is 1. The van der Waals surface area contributed by atoms with E-state index in [9.17, 15) is 9.59 Å². The zero-order chi connectivity index (χ0) is 14.9. The number of carbonyl (C=O) groups is 2. The lowest BCUT2D eigenvalue weighted by molar-refractivity contribution is -0.140. The molecule has 1 amide bonds. The molecule has 1 aromatic rings. The van der Waals surface area contributed by atoms with Crippen molar-refractivity contribution in [3.63, 3.8) is 0 Å². The van der Waals surface area contributed by atoms with E-state index < -0.39 is 17.4 Å². The van der Waals surface area contributed by atoms with Gasteiger partial charge in [-0.3, -0.25) is 4.79 Å². The van der Waals surface area contributed by atoms with Crippen LogP contribution in [0.5, 0.6) is 5.75 Å². The van der Waals surface area contributed by atoms with Crippen LogP contribution in [0.4, 0.5) is 0 Å². The lowest BCUT2D eigenvalue weighted by Gasteiger charge is -2.14. The molecule has 6 heteroatoms. The first kappa shape index (κ1) is 14.8. The molecule has 1 fully saturated rings. The lowest BCUT2D eigenvalue weighted by atomic mass is 10.1. The average molecular weight is 342 g/mol. The summed E-state index contributed by atoms with van der Waals surface area (Å²) in [5.41, 5.74) is -0.707. The van der Waals surface area contributed by atoms with Crippen LogP contribution in [0.1, 0.15) is 37.0 Å². The van der Waals surface area contributed by atoms with Crippen molar-refractivity contribution < 1.29 is 19.4 Å². The van der Waals surface area contributed by atoms with Gasteiger partial charge in [-0.1, -0.05) is 15.9 Å². The molecule has 0 saturated heterocycles. The van der Waals surface area contributed by atoms with Crippen molar-refractivity contribution in [2.75, 3.05) is 0 Å². The molecule has 0 heterocycles. The topological polar surface area (TPSA) is 75.6 Å². The fourth-order valence-electron chi connectivity index (χ4n) is 1.84. The molecule has 20 heavy (non-hydrogen) atoms. The Bertz CT molecular complexity index is 552. The van der Waals surface area contributed by atoms with Crippen LogP contribution >= 0.6 is 15.9 Å². The molecular weight excluding hydrogens is 326 g/mol. The number of halogens is 1. The number of aliphatic carboxylic acids is 1. The molecule has 1 aliphatic carbocycles. The zero-order valence-corrected chi connectivity index (χ0v) is 12.9. The van der Waals surface area contributed by atoms with E-state index in [0.29, 0.717) is 28.6 Å². The van der Waals surface area contributed by atoms with Crippen molar-refractivity contribution in [3.05, 3.63) is 28.2 Å². The zero-order valence-electron chi connectivity index (χ0n) is 11.3. The van der Waals surface area contributed by atoms with Crippen LogP contribution in [0.15, 0.2) is 22.7 Å². The minimum absolute atomic E-state index is 0.00555. The molecule has 1 saturated carbocycles. The van der Waals surface area contributed by atoms with Crippen LogP contribution in [0.25, 0.3) is 0 Å². The van der Waals surface area contributed by atoms with Gasteiger partial charge in [0.15, 0.2) is 0 Å². The summed E-state index contributed by atoms with van der Waals surface area (Å²) in [4.78, 5) is 23.2. The second-order valence-corrected chi connectivity index (χ2v) is 6.10. The van der Waals surface area contributed by atoms with Crippen LogP contribution in [0.2, 0.25) is 0 Å². The summed E-state index contributed by atoms with van der Waals surface area (Å²) in [6.45, 7) is 3.79. The number of hydrogen-bond acceptors (Lipinski definition) is 3. The standard InChI is InChI=1S/C14H16BrNO4/c1-8(2)20-11-6-9(5-10(15)7-11)12(17)16-14(3-4-14)13(18)19/h5-8H,3-4H2,1-2H3,(H,16,17)(H,18,19). The molecule has 0 aliphatic heterocycles. The van der Waals surface area contributed by atoms with Crippen LogP contribution in [-0.4, -0.2) is 28.6 Å². The quantitative estimate of drug-likeness (QED) is 0.862. The van der Waals surface area contributed by atoms with Crippen molar-refractivity contribution in [3.8, 4) is 5.75 Å². The fourth-order valence-corrected chi connectivity index (χ4v) is 2.31. The molecule has 0 aromatic heterocycles. The van der Waals surface area contributed by atoms with Crippen LogP contribution in [-0.2, 0) is 4.79 Å². The number of carboxylic acids is 1. The summed E-state index contributed by atoms with van der Waals surface area (Å²) in [5.74, 6) is -0.820. The van der Waals surface area contributed by atoms with Gasteiger partial charge in [0.25, 0.3) is 5.91 Å². The Hall–Kier alpha value is -1.56. The van der Waals surface area contributed by atoms with E-state index in [4.69, 9.17) is 9.84 Å². The predicted molar refractivity (Wildman–Crippen MR) is 77.0 cm³/mol. The first-order valence-corrected chi connectivity index (χ1v) is 7.15. The Balaban J connectivity index is 2.17. The van der Waals surface area contributed by atoms with Crippen molar-refractivity contribution >= 4 is 27.8 Å². The van der Waals surface area contributed by atoms with E-state index in [1.54, 1.807) is 18.2 Å². The van der Waals surface area contributed by atoms with E-state index in [2.05, 4.69) is 21.2 Å². The minimum atomic E-state index is -1.08. The van der Waals surface area contributed by atoms with Gasteiger partial charge in [0.2, 0.25) is 0 Å². The molecule has 1 aliphatic rings. The Kier molecular flexibility index (Phi) is 4.04. The van der Waals surface area contributed by atoms with Gasteiger partial charge in [-0.05, 0) is 44.9 Å². The second kappa shape index (κ2) is 5.44. The van der Waals surface area contributed by atoms with Crippen LogP contribution in [0, 0.1) is 0 Å². The molecule has 0 bridgehead atoms. The highest BCUT2D eigenvalue weighted by Crippen LogP contribution is 2.36. The van der Waals surface area contributed by atoms with Crippen LogP contribution < -0.4 is 10.1 Å². The monoisotopic (exact) mass is 341 g/mol. The van der Waals surface area contributed by atoms with Gasteiger partial charge in [-0.2, -0.15) is 0 Å². The number of hydrogen-bond donors (Lipinski definition) is 2. The molecule has 5 nitrogen and oxygen atoms in total. The maximum absolute atomic E-state index is 12.1. The molecule has 0 spiro atoms. The number of rotatable bonds is 5. The Morgan fingerprint density at radius 2 is 2.00 bits per heavy atom. The summed E-state index contributed by atoms with van der Waals surface area (Å²) in [6.07, 6.45) is 0.934. The van der Waals surface area contributed by atoms with Crippen molar-refractivity contribution in [1.82, 2.24) is 5.32 Å². The molecule has 0 unspecified atom stereocenters. The van der Waals surface area contributed by atoms with Gasteiger partial charge in [-0.25, -0.2) is 4.79 Å². The largest absolute Gasteiger partial charge is 0.491 e. The minimum Gasteiger partial charge on any atom is -0.491 e. The van der Waals surface area contributed by atoms with Gasteiger partial charge in [0.1, 0.15) is 11.3 Å². The first-order chi connectivity index (χ1) is 9.32. The highest BCUT2D eigenvalue weighted by Gasteiger charge is 2.51. The van der Waals surface area contributed by atoms with Gasteiger partial charge in [-0.15, -0.1) is 0 Å². The van der Waals surface area contributed by atoms with Crippen molar-refractivity contribution in [1.29, 1.82) is 0 Å². The summed E-state index contributed by atoms with van der Waals surface area (Å²) in [5, 5.41) is 11.7. The summed E-state index contributed by atoms with van der Waals surface area (Å²) < 4.78 is 6.26. The van der Waals surface area contributed by atoms with E-state index in [-0.39, 0.29) is 6.10 Å². The Morgan fingerprint density at radius 1 is 1.35 bits per heavy atom. The SMILES string of the molecule is CC(C)Oc1cc(Br)cc(C(=O)NC2(C(=O)O)CC2)c1. The average Bonchev–Trinajstić information content (AvgIpc) is 3.08. The maximum Gasteiger partial charge on any atom is 0.329 e. The lowest BCUT2D eigenvalue weighted by Crippen LogP contribution is -2.43. The number of carboxylic acid groups (broad SMARTS) is 1. The van der Waals surface area contributed by atoms with Gasteiger partial charge in [0, 0.05) is 10.0 Å². The molecule has 2 rings (SSSR count). The normalized spacial score (nSPS) is 15.8. The molecule has 2 N–H and O–H groups in total. The van der Waals surface area contributed by atoms with Gasteiger partial charge in [0.05, 0.1) is 6.10 Å². The molecule has 1 aromatic carbocycles. The Morgan fingerprint density at radius 3 is 2.50 bits per heavy atom. The van der Waals surface area contributed by atoms with E-state index >= 15 is 0 Å². The van der Waals surface area contributed by atoms with Gasteiger partial charge < -0.3 is 15.2 Å². The Labute approximate surface area is 125 Å². The number of carbonyl (C=O) groups excluding carboxylic acids is 1. The van der Waals surface area contributed by atoms with E-state index in [1.165, 1.54) is 0 Å². The van der Waals surface area contributed by atoms with Crippen molar-refractivity contribution in [2.45, 2.75) is 38.3 Å². The number of ether oxygens (including phenoxy) is 1. The molecular formula is C14H16BrNO4. The van der Waals surface area contributed by atoms with Gasteiger partial charge >= 0.3 is 5.97 Å². The first-order valence-electron chi connectivity index (χ1n) is 6.35. The smallest absolute Gasteiger partial charge is 0.329 e. The maximum atomic E-state index is 12.1. The summed E-state index contributed by atoms with van der Waals surface area (Å²) >= 11 is 3.32. The van der Waals surface area contributed by atoms with Crippen molar-refractivity contribution in [2.24, 2.45) is 0 Å². The number of benzene rings is 1.